The maximum Gasteiger partial charge on any atom is 0.146 e. The number of halogens is 2. The molecule has 2 aromatic carbocycles. The van der Waals surface area contributed by atoms with Gasteiger partial charge in [-0.2, -0.15) is 0 Å². The van der Waals surface area contributed by atoms with E-state index in [1.165, 1.54) is 17.2 Å². The molecule has 1 nitrogen and oxygen atoms in total. The minimum Gasteiger partial charge on any atom is -0.379 e. The molecule has 0 saturated heterocycles. The quantitative estimate of drug-likeness (QED) is 0.858. The third-order valence-corrected chi connectivity index (χ3v) is 3.91. The van der Waals surface area contributed by atoms with Gasteiger partial charge in [-0.15, -0.1) is 0 Å². The van der Waals surface area contributed by atoms with E-state index in [-0.39, 0.29) is 11.9 Å². The molecule has 2 aromatic rings. The van der Waals surface area contributed by atoms with Crippen molar-refractivity contribution < 1.29 is 4.39 Å². The van der Waals surface area contributed by atoms with Gasteiger partial charge in [0.05, 0.1) is 5.69 Å². The molecule has 3 rings (SSSR count). The number of anilines is 1. The van der Waals surface area contributed by atoms with Crippen LogP contribution in [0.4, 0.5) is 10.1 Å². The van der Waals surface area contributed by atoms with Crippen molar-refractivity contribution >= 4 is 17.3 Å². The SMILES string of the molecule is Cc1cccc(F)c1NC1Cc2ccc(Cl)cc2C1. The van der Waals surface area contributed by atoms with Crippen LogP contribution in [-0.4, -0.2) is 6.04 Å². The fourth-order valence-electron chi connectivity index (χ4n) is 2.71. The van der Waals surface area contributed by atoms with Gasteiger partial charge in [-0.25, -0.2) is 4.39 Å². The first-order valence-corrected chi connectivity index (χ1v) is 6.80. The summed E-state index contributed by atoms with van der Waals surface area (Å²) in [5.41, 5.74) is 4.12. The number of benzene rings is 2. The molecule has 0 heterocycles. The molecular weight excluding hydrogens is 261 g/mol. The van der Waals surface area contributed by atoms with Crippen LogP contribution in [0.25, 0.3) is 0 Å². The smallest absolute Gasteiger partial charge is 0.146 e. The van der Waals surface area contributed by atoms with Gasteiger partial charge in [0, 0.05) is 11.1 Å². The molecule has 98 valence electrons. The Bertz CT molecular complexity index is 604. The van der Waals surface area contributed by atoms with E-state index in [9.17, 15) is 4.39 Å². The molecule has 1 aliphatic rings. The van der Waals surface area contributed by atoms with Crippen LogP contribution in [-0.2, 0) is 12.8 Å². The van der Waals surface area contributed by atoms with E-state index >= 15 is 0 Å². The maximum absolute atomic E-state index is 13.8. The summed E-state index contributed by atoms with van der Waals surface area (Å²) in [5.74, 6) is -0.186. The summed E-state index contributed by atoms with van der Waals surface area (Å²) < 4.78 is 13.8. The van der Waals surface area contributed by atoms with Gasteiger partial charge in [0.1, 0.15) is 5.82 Å². The van der Waals surface area contributed by atoms with E-state index in [2.05, 4.69) is 11.4 Å². The van der Waals surface area contributed by atoms with E-state index in [4.69, 9.17) is 11.6 Å². The Labute approximate surface area is 117 Å². The molecule has 0 amide bonds. The Morgan fingerprint density at radius 1 is 1.16 bits per heavy atom. The largest absolute Gasteiger partial charge is 0.379 e. The van der Waals surface area contributed by atoms with Crippen LogP contribution in [0, 0.1) is 12.7 Å². The highest BCUT2D eigenvalue weighted by atomic mass is 35.5. The second-order valence-electron chi connectivity index (χ2n) is 5.09. The third-order valence-electron chi connectivity index (χ3n) is 3.67. The summed E-state index contributed by atoms with van der Waals surface area (Å²) in [4.78, 5) is 0. The number of nitrogens with one attached hydrogen (secondary N) is 1. The lowest BCUT2D eigenvalue weighted by Gasteiger charge is -2.16. The van der Waals surface area contributed by atoms with E-state index < -0.39 is 0 Å². The zero-order chi connectivity index (χ0) is 13.4. The Hall–Kier alpha value is -1.54. The van der Waals surface area contributed by atoms with Gasteiger partial charge >= 0.3 is 0 Å². The van der Waals surface area contributed by atoms with Gasteiger partial charge in [0.25, 0.3) is 0 Å². The number of rotatable bonds is 2. The van der Waals surface area contributed by atoms with Crippen LogP contribution < -0.4 is 5.32 Å². The van der Waals surface area contributed by atoms with Crippen molar-refractivity contribution in [3.63, 3.8) is 0 Å². The summed E-state index contributed by atoms with van der Waals surface area (Å²) in [7, 11) is 0. The molecule has 1 aliphatic carbocycles. The molecule has 0 aromatic heterocycles. The number of aryl methyl sites for hydroxylation is 1. The summed E-state index contributed by atoms with van der Waals surface area (Å²) in [5, 5.41) is 4.09. The number of hydrogen-bond donors (Lipinski definition) is 1. The van der Waals surface area contributed by atoms with Crippen LogP contribution in [0.3, 0.4) is 0 Å². The van der Waals surface area contributed by atoms with E-state index in [1.54, 1.807) is 6.07 Å². The first-order valence-electron chi connectivity index (χ1n) is 6.42. The number of para-hydroxylation sites is 1. The Balaban J connectivity index is 1.81. The molecule has 3 heteroatoms. The molecule has 19 heavy (non-hydrogen) atoms. The molecule has 0 spiro atoms. The standard InChI is InChI=1S/C16H15ClFN/c1-10-3-2-4-15(18)16(10)19-14-8-11-5-6-13(17)7-12(11)9-14/h2-7,14,19H,8-9H2,1H3. The fraction of sp³-hybridized carbons (Fsp3) is 0.250. The van der Waals surface area contributed by atoms with Crippen molar-refractivity contribution in [3.05, 3.63) is 63.9 Å². The Morgan fingerprint density at radius 2 is 1.95 bits per heavy atom. The van der Waals surface area contributed by atoms with Crippen LogP contribution in [0.5, 0.6) is 0 Å². The summed E-state index contributed by atoms with van der Waals surface area (Å²) in [6.07, 6.45) is 1.81. The highest BCUT2D eigenvalue weighted by Gasteiger charge is 2.22. The molecule has 1 atom stereocenters. The fourth-order valence-corrected chi connectivity index (χ4v) is 2.90. The molecule has 0 radical (unpaired) electrons. The van der Waals surface area contributed by atoms with Crippen LogP contribution in [0.15, 0.2) is 36.4 Å². The van der Waals surface area contributed by atoms with Gasteiger partial charge in [-0.1, -0.05) is 29.8 Å². The van der Waals surface area contributed by atoms with Crippen molar-refractivity contribution in [1.82, 2.24) is 0 Å². The highest BCUT2D eigenvalue weighted by Crippen LogP contribution is 2.29. The number of fused-ring (bicyclic) bond motifs is 1. The van der Waals surface area contributed by atoms with E-state index in [0.717, 1.165) is 23.4 Å². The molecule has 1 unspecified atom stereocenters. The van der Waals surface area contributed by atoms with Crippen molar-refractivity contribution in [2.75, 3.05) is 5.32 Å². The second kappa shape index (κ2) is 4.86. The van der Waals surface area contributed by atoms with E-state index in [0.29, 0.717) is 5.69 Å². The lowest BCUT2D eigenvalue weighted by atomic mass is 10.1. The molecule has 0 fully saturated rings. The lowest BCUT2D eigenvalue weighted by molar-refractivity contribution is 0.623. The zero-order valence-electron chi connectivity index (χ0n) is 10.7. The van der Waals surface area contributed by atoms with Crippen molar-refractivity contribution in [1.29, 1.82) is 0 Å². The topological polar surface area (TPSA) is 12.0 Å². The van der Waals surface area contributed by atoms with Crippen LogP contribution in [0.2, 0.25) is 5.02 Å². The van der Waals surface area contributed by atoms with Crippen molar-refractivity contribution in [2.45, 2.75) is 25.8 Å². The average Bonchev–Trinajstić information content (AvgIpc) is 2.75. The average molecular weight is 276 g/mol. The molecule has 0 bridgehead atoms. The normalized spacial score (nSPS) is 17.3. The first-order chi connectivity index (χ1) is 9.13. The maximum atomic E-state index is 13.8. The number of hydrogen-bond acceptors (Lipinski definition) is 1. The second-order valence-corrected chi connectivity index (χ2v) is 5.53. The van der Waals surface area contributed by atoms with Crippen LogP contribution in [0.1, 0.15) is 16.7 Å². The molecule has 0 saturated carbocycles. The lowest BCUT2D eigenvalue weighted by Crippen LogP contribution is -2.20. The Morgan fingerprint density at radius 3 is 2.74 bits per heavy atom. The predicted molar refractivity (Wildman–Crippen MR) is 77.4 cm³/mol. The molecule has 0 aliphatic heterocycles. The third kappa shape index (κ3) is 2.45. The van der Waals surface area contributed by atoms with E-state index in [1.807, 2.05) is 25.1 Å². The van der Waals surface area contributed by atoms with Gasteiger partial charge in [-0.05, 0) is 54.7 Å². The first kappa shape index (κ1) is 12.5. The molecular formula is C16H15ClFN. The van der Waals surface area contributed by atoms with Crippen LogP contribution >= 0.6 is 11.6 Å². The van der Waals surface area contributed by atoms with Crippen molar-refractivity contribution in [2.24, 2.45) is 0 Å². The Kier molecular flexibility index (Phi) is 3.19. The summed E-state index contributed by atoms with van der Waals surface area (Å²) in [6.45, 7) is 1.92. The molecule has 1 N–H and O–H groups in total. The zero-order valence-corrected chi connectivity index (χ0v) is 11.5. The van der Waals surface area contributed by atoms with Gasteiger partial charge < -0.3 is 5.32 Å². The van der Waals surface area contributed by atoms with Gasteiger partial charge in [-0.3, -0.25) is 0 Å². The summed E-state index contributed by atoms with van der Waals surface area (Å²) >= 11 is 6.00. The monoisotopic (exact) mass is 275 g/mol. The summed E-state index contributed by atoms with van der Waals surface area (Å²) in [6, 6.07) is 11.4. The minimum absolute atomic E-state index is 0.186. The van der Waals surface area contributed by atoms with Gasteiger partial charge in [0.2, 0.25) is 0 Å². The van der Waals surface area contributed by atoms with Gasteiger partial charge in [0.15, 0.2) is 0 Å². The minimum atomic E-state index is -0.186. The van der Waals surface area contributed by atoms with Crippen molar-refractivity contribution in [3.8, 4) is 0 Å². The predicted octanol–water partition coefficient (Wildman–Crippen LogP) is 4.37. The highest BCUT2D eigenvalue weighted by molar-refractivity contribution is 6.30.